The standard InChI is InChI=1S/C13H18N2O5S/c1-20-13(17)10-5-4-9(14)6-12(10)21(18,19)15-7-11(16)8-2-3-8/h4-6,8,11,15-16H,2-3,7,14H2,1H3. The number of nitrogens with one attached hydrogen (secondary N) is 1. The fourth-order valence-corrected chi connectivity index (χ4v) is 3.24. The van der Waals surface area contributed by atoms with Crippen molar-refractivity contribution in [3.63, 3.8) is 0 Å². The number of nitrogens with two attached hydrogens (primary N) is 1. The van der Waals surface area contributed by atoms with E-state index in [1.807, 2.05) is 0 Å². The van der Waals surface area contributed by atoms with Crippen molar-refractivity contribution in [1.82, 2.24) is 4.72 Å². The Morgan fingerprint density at radius 1 is 1.52 bits per heavy atom. The van der Waals surface area contributed by atoms with E-state index in [1.165, 1.54) is 25.3 Å². The predicted octanol–water partition coefficient (Wildman–Crippen LogP) is 0.105. The molecule has 2 rings (SSSR count). The summed E-state index contributed by atoms with van der Waals surface area (Å²) >= 11 is 0. The van der Waals surface area contributed by atoms with Crippen LogP contribution in [-0.2, 0) is 14.8 Å². The zero-order valence-corrected chi connectivity index (χ0v) is 12.4. The summed E-state index contributed by atoms with van der Waals surface area (Å²) in [7, 11) is -2.79. The number of aliphatic hydroxyl groups is 1. The van der Waals surface area contributed by atoms with Gasteiger partial charge in [-0.2, -0.15) is 0 Å². The molecule has 1 aromatic rings. The molecular formula is C13H18N2O5S. The average molecular weight is 314 g/mol. The first kappa shape index (κ1) is 15.7. The molecule has 0 heterocycles. The first-order valence-electron chi connectivity index (χ1n) is 6.50. The third kappa shape index (κ3) is 3.72. The number of rotatable bonds is 6. The van der Waals surface area contributed by atoms with Crippen LogP contribution in [0.1, 0.15) is 23.2 Å². The molecule has 1 saturated carbocycles. The summed E-state index contributed by atoms with van der Waals surface area (Å²) in [5.41, 5.74) is 5.70. The van der Waals surface area contributed by atoms with E-state index >= 15 is 0 Å². The highest BCUT2D eigenvalue weighted by Gasteiger charge is 2.31. The monoisotopic (exact) mass is 314 g/mol. The molecule has 0 radical (unpaired) electrons. The molecule has 0 aliphatic heterocycles. The summed E-state index contributed by atoms with van der Waals surface area (Å²) in [5.74, 6) is -0.619. The van der Waals surface area contributed by atoms with E-state index < -0.39 is 22.1 Å². The van der Waals surface area contributed by atoms with E-state index in [-0.39, 0.29) is 28.6 Å². The number of esters is 1. The zero-order chi connectivity index (χ0) is 15.6. The molecule has 116 valence electrons. The van der Waals surface area contributed by atoms with E-state index in [1.54, 1.807) is 0 Å². The number of carbonyl (C=O) groups excluding carboxylic acids is 1. The number of ether oxygens (including phenoxy) is 1. The quantitative estimate of drug-likeness (QED) is 0.506. The summed E-state index contributed by atoms with van der Waals surface area (Å²) in [6.45, 7) is -0.0948. The molecule has 1 aromatic carbocycles. The Bertz CT molecular complexity index is 640. The van der Waals surface area contributed by atoms with E-state index in [9.17, 15) is 18.3 Å². The Balaban J connectivity index is 2.25. The lowest BCUT2D eigenvalue weighted by Gasteiger charge is -2.13. The second-order valence-electron chi connectivity index (χ2n) is 5.00. The fourth-order valence-electron chi connectivity index (χ4n) is 1.96. The summed E-state index contributed by atoms with van der Waals surface area (Å²) in [6.07, 6.45) is 1.07. The SMILES string of the molecule is COC(=O)c1ccc(N)cc1S(=O)(=O)NCC(O)C1CC1. The number of benzene rings is 1. The van der Waals surface area contributed by atoms with Gasteiger partial charge in [-0.1, -0.05) is 0 Å². The Labute approximate surface area is 123 Å². The normalized spacial score (nSPS) is 16.5. The molecule has 0 bridgehead atoms. The first-order chi connectivity index (χ1) is 9.85. The van der Waals surface area contributed by atoms with Crippen LogP contribution in [0.15, 0.2) is 23.1 Å². The summed E-state index contributed by atoms with van der Waals surface area (Å²) in [6, 6.07) is 3.91. The number of nitrogen functional groups attached to an aromatic ring is 1. The van der Waals surface area contributed by atoms with Gasteiger partial charge < -0.3 is 15.6 Å². The van der Waals surface area contributed by atoms with Crippen LogP contribution < -0.4 is 10.5 Å². The molecule has 21 heavy (non-hydrogen) atoms. The van der Waals surface area contributed by atoms with Crippen molar-refractivity contribution in [2.24, 2.45) is 5.92 Å². The van der Waals surface area contributed by atoms with Gasteiger partial charge in [0.2, 0.25) is 10.0 Å². The van der Waals surface area contributed by atoms with Gasteiger partial charge in [-0.3, -0.25) is 0 Å². The molecule has 1 aliphatic rings. The van der Waals surface area contributed by atoms with Crippen molar-refractivity contribution in [2.75, 3.05) is 19.4 Å². The molecule has 1 aliphatic carbocycles. The van der Waals surface area contributed by atoms with Gasteiger partial charge in [0.25, 0.3) is 0 Å². The minimum absolute atomic E-state index is 0.0948. The Kier molecular flexibility index (Phi) is 4.50. The van der Waals surface area contributed by atoms with Gasteiger partial charge in [-0.05, 0) is 37.0 Å². The summed E-state index contributed by atoms with van der Waals surface area (Å²) < 4.78 is 31.4. The number of sulfonamides is 1. The zero-order valence-electron chi connectivity index (χ0n) is 11.6. The van der Waals surface area contributed by atoms with Crippen LogP contribution in [0.25, 0.3) is 0 Å². The van der Waals surface area contributed by atoms with Crippen LogP contribution in [0.3, 0.4) is 0 Å². The van der Waals surface area contributed by atoms with Gasteiger partial charge in [0.1, 0.15) is 0 Å². The van der Waals surface area contributed by atoms with Crippen LogP contribution >= 0.6 is 0 Å². The molecule has 1 atom stereocenters. The highest BCUT2D eigenvalue weighted by molar-refractivity contribution is 7.89. The van der Waals surface area contributed by atoms with Gasteiger partial charge in [-0.15, -0.1) is 0 Å². The Morgan fingerprint density at radius 2 is 2.19 bits per heavy atom. The average Bonchev–Trinajstić information content (AvgIpc) is 3.28. The van der Waals surface area contributed by atoms with Gasteiger partial charge in [0.15, 0.2) is 0 Å². The molecule has 7 nitrogen and oxygen atoms in total. The van der Waals surface area contributed by atoms with Crippen molar-refractivity contribution < 1.29 is 23.1 Å². The number of anilines is 1. The van der Waals surface area contributed by atoms with Gasteiger partial charge in [-0.25, -0.2) is 17.9 Å². The summed E-state index contributed by atoms with van der Waals surface area (Å²) in [4.78, 5) is 11.4. The summed E-state index contributed by atoms with van der Waals surface area (Å²) in [5, 5.41) is 9.74. The van der Waals surface area contributed by atoms with Crippen molar-refractivity contribution >= 4 is 21.7 Å². The maximum atomic E-state index is 12.3. The van der Waals surface area contributed by atoms with Crippen LogP contribution in [0, 0.1) is 5.92 Å². The molecule has 0 amide bonds. The molecule has 8 heteroatoms. The van der Waals surface area contributed by atoms with Crippen molar-refractivity contribution in [3.05, 3.63) is 23.8 Å². The van der Waals surface area contributed by atoms with Crippen LogP contribution in [-0.4, -0.2) is 39.3 Å². The van der Waals surface area contributed by atoms with Crippen molar-refractivity contribution in [3.8, 4) is 0 Å². The number of aliphatic hydroxyl groups excluding tert-OH is 1. The second kappa shape index (κ2) is 6.00. The minimum atomic E-state index is -3.96. The molecule has 0 saturated heterocycles. The van der Waals surface area contributed by atoms with Crippen molar-refractivity contribution in [2.45, 2.75) is 23.8 Å². The van der Waals surface area contributed by atoms with Crippen molar-refractivity contribution in [1.29, 1.82) is 0 Å². The lowest BCUT2D eigenvalue weighted by molar-refractivity contribution is 0.0596. The van der Waals surface area contributed by atoms with E-state index in [0.29, 0.717) is 0 Å². The van der Waals surface area contributed by atoms with Gasteiger partial charge >= 0.3 is 5.97 Å². The Morgan fingerprint density at radius 3 is 2.76 bits per heavy atom. The molecule has 0 aromatic heterocycles. The van der Waals surface area contributed by atoms with Crippen LogP contribution in [0.2, 0.25) is 0 Å². The first-order valence-corrected chi connectivity index (χ1v) is 7.99. The number of hydrogen-bond donors (Lipinski definition) is 3. The third-order valence-electron chi connectivity index (χ3n) is 3.35. The second-order valence-corrected chi connectivity index (χ2v) is 6.74. The van der Waals surface area contributed by atoms with E-state index in [4.69, 9.17) is 5.73 Å². The third-order valence-corrected chi connectivity index (χ3v) is 4.81. The van der Waals surface area contributed by atoms with E-state index in [0.717, 1.165) is 12.8 Å². The predicted molar refractivity (Wildman–Crippen MR) is 76.1 cm³/mol. The molecule has 4 N–H and O–H groups in total. The maximum absolute atomic E-state index is 12.3. The maximum Gasteiger partial charge on any atom is 0.339 e. The number of methoxy groups -OCH3 is 1. The minimum Gasteiger partial charge on any atom is -0.465 e. The van der Waals surface area contributed by atoms with Gasteiger partial charge in [0, 0.05) is 12.2 Å². The fraction of sp³-hybridized carbons (Fsp3) is 0.462. The number of hydrogen-bond acceptors (Lipinski definition) is 6. The molecule has 1 fully saturated rings. The lowest BCUT2D eigenvalue weighted by atomic mass is 10.2. The Hall–Kier alpha value is -1.64. The molecule has 1 unspecified atom stereocenters. The van der Waals surface area contributed by atoms with Crippen LogP contribution in [0.4, 0.5) is 5.69 Å². The molecular weight excluding hydrogens is 296 g/mol. The highest BCUT2D eigenvalue weighted by Crippen LogP contribution is 2.32. The molecule has 0 spiro atoms. The number of carbonyl (C=O) groups is 1. The topological polar surface area (TPSA) is 119 Å². The van der Waals surface area contributed by atoms with Gasteiger partial charge in [0.05, 0.1) is 23.7 Å². The highest BCUT2D eigenvalue weighted by atomic mass is 32.2. The smallest absolute Gasteiger partial charge is 0.339 e. The lowest BCUT2D eigenvalue weighted by Crippen LogP contribution is -2.34. The van der Waals surface area contributed by atoms with Crippen LogP contribution in [0.5, 0.6) is 0 Å². The largest absolute Gasteiger partial charge is 0.465 e. The van der Waals surface area contributed by atoms with E-state index in [2.05, 4.69) is 9.46 Å².